The molecule has 0 saturated heterocycles. The fourth-order valence-corrected chi connectivity index (χ4v) is 2.43. The first-order valence-corrected chi connectivity index (χ1v) is 5.80. The van der Waals surface area contributed by atoms with Gasteiger partial charge in [0.25, 0.3) is 0 Å². The van der Waals surface area contributed by atoms with Crippen LogP contribution in [0.25, 0.3) is 0 Å². The normalized spacial score (nSPS) is 23.0. The molecule has 1 aliphatic heterocycles. The van der Waals surface area contributed by atoms with Crippen LogP contribution in [0.15, 0.2) is 49.6 Å². The maximum Gasteiger partial charge on any atom is 0.122 e. The molecule has 2 atom stereocenters. The van der Waals surface area contributed by atoms with Gasteiger partial charge in [-0.1, -0.05) is 30.4 Å². The zero-order valence-electron chi connectivity index (χ0n) is 9.56. The Labute approximate surface area is 97.4 Å². The summed E-state index contributed by atoms with van der Waals surface area (Å²) in [6.45, 7) is 8.47. The van der Waals surface area contributed by atoms with E-state index in [4.69, 9.17) is 4.74 Å². The maximum atomic E-state index is 5.78. The lowest BCUT2D eigenvalue weighted by Gasteiger charge is -2.32. The molecule has 84 valence electrons. The van der Waals surface area contributed by atoms with Gasteiger partial charge in [0.2, 0.25) is 0 Å². The van der Waals surface area contributed by atoms with E-state index in [2.05, 4.69) is 31.4 Å². The van der Waals surface area contributed by atoms with Crippen molar-refractivity contribution in [2.45, 2.75) is 18.8 Å². The zero-order chi connectivity index (χ0) is 11.4. The van der Waals surface area contributed by atoms with E-state index in [9.17, 15) is 0 Å². The van der Waals surface area contributed by atoms with Crippen molar-refractivity contribution in [1.82, 2.24) is 0 Å². The Morgan fingerprint density at radius 1 is 1.19 bits per heavy atom. The second-order valence-electron chi connectivity index (χ2n) is 4.26. The summed E-state index contributed by atoms with van der Waals surface area (Å²) in [5, 5.41) is 0. The predicted octanol–water partition coefficient (Wildman–Crippen LogP) is 3.93. The Bertz CT molecular complexity index is 381. The van der Waals surface area contributed by atoms with E-state index in [0.717, 1.165) is 25.2 Å². The molecule has 0 fully saturated rings. The maximum absolute atomic E-state index is 5.78. The van der Waals surface area contributed by atoms with Crippen LogP contribution in [0.5, 0.6) is 5.75 Å². The van der Waals surface area contributed by atoms with Crippen LogP contribution >= 0.6 is 0 Å². The first kappa shape index (κ1) is 11.0. The van der Waals surface area contributed by atoms with E-state index < -0.39 is 0 Å². The summed E-state index contributed by atoms with van der Waals surface area (Å²) < 4.78 is 5.78. The van der Waals surface area contributed by atoms with E-state index in [1.807, 2.05) is 18.2 Å². The number of allylic oxidation sites excluding steroid dienone is 2. The quantitative estimate of drug-likeness (QED) is 0.690. The molecule has 0 N–H and O–H groups in total. The van der Waals surface area contributed by atoms with Crippen molar-refractivity contribution < 1.29 is 4.74 Å². The van der Waals surface area contributed by atoms with Crippen molar-refractivity contribution in [2.75, 3.05) is 6.61 Å². The average molecular weight is 214 g/mol. The summed E-state index contributed by atoms with van der Waals surface area (Å²) in [6.07, 6.45) is 6.01. The molecule has 1 aromatic carbocycles. The third-order valence-corrected chi connectivity index (χ3v) is 3.23. The molecule has 1 heteroatoms. The molecule has 0 amide bonds. The van der Waals surface area contributed by atoms with Crippen LogP contribution in [0.2, 0.25) is 0 Å². The van der Waals surface area contributed by atoms with Crippen molar-refractivity contribution in [3.63, 3.8) is 0 Å². The minimum atomic E-state index is 0.528. The smallest absolute Gasteiger partial charge is 0.122 e. The van der Waals surface area contributed by atoms with Gasteiger partial charge in [0, 0.05) is 5.92 Å². The third-order valence-electron chi connectivity index (χ3n) is 3.23. The molecule has 2 rings (SSSR count). The lowest BCUT2D eigenvalue weighted by Crippen LogP contribution is -2.25. The number of rotatable bonds is 4. The number of fused-ring (bicyclic) bond motifs is 1. The van der Waals surface area contributed by atoms with Crippen LogP contribution in [0, 0.1) is 5.92 Å². The first-order chi connectivity index (χ1) is 7.86. The molecule has 1 aliphatic rings. The van der Waals surface area contributed by atoms with Gasteiger partial charge in [-0.05, 0) is 30.4 Å². The Balaban J connectivity index is 2.30. The molecule has 1 nitrogen and oxygen atoms in total. The van der Waals surface area contributed by atoms with Crippen LogP contribution < -0.4 is 4.74 Å². The zero-order valence-corrected chi connectivity index (χ0v) is 9.56. The van der Waals surface area contributed by atoms with Gasteiger partial charge >= 0.3 is 0 Å². The van der Waals surface area contributed by atoms with Crippen LogP contribution in [0.3, 0.4) is 0 Å². The van der Waals surface area contributed by atoms with Gasteiger partial charge in [-0.2, -0.15) is 0 Å². The third kappa shape index (κ3) is 2.04. The van der Waals surface area contributed by atoms with E-state index in [0.29, 0.717) is 11.8 Å². The average Bonchev–Trinajstić information content (AvgIpc) is 2.32. The van der Waals surface area contributed by atoms with E-state index >= 15 is 0 Å². The molecule has 0 aliphatic carbocycles. The fraction of sp³-hybridized carbons (Fsp3) is 0.333. The highest BCUT2D eigenvalue weighted by Crippen LogP contribution is 2.40. The molecular formula is C15H18O. The number of ether oxygens (including phenoxy) is 1. The Hall–Kier alpha value is -1.50. The van der Waals surface area contributed by atoms with Crippen molar-refractivity contribution in [3.8, 4) is 5.75 Å². The van der Waals surface area contributed by atoms with Gasteiger partial charge in [0.15, 0.2) is 0 Å². The molecule has 1 heterocycles. The van der Waals surface area contributed by atoms with Gasteiger partial charge in [-0.25, -0.2) is 0 Å². The lowest BCUT2D eigenvalue weighted by atomic mass is 9.80. The molecule has 0 bridgehead atoms. The van der Waals surface area contributed by atoms with Gasteiger partial charge < -0.3 is 4.74 Å². The number of para-hydroxylation sites is 1. The van der Waals surface area contributed by atoms with E-state index in [-0.39, 0.29) is 0 Å². The predicted molar refractivity (Wildman–Crippen MR) is 67.8 cm³/mol. The SMILES string of the molecule is C=CCC1COc2ccccc2C1CC=C. The second kappa shape index (κ2) is 5.02. The Morgan fingerprint density at radius 2 is 1.94 bits per heavy atom. The molecule has 0 aromatic heterocycles. The topological polar surface area (TPSA) is 9.23 Å². The lowest BCUT2D eigenvalue weighted by molar-refractivity contribution is 0.194. The van der Waals surface area contributed by atoms with Crippen LogP contribution in [0.1, 0.15) is 24.3 Å². The van der Waals surface area contributed by atoms with E-state index in [1.54, 1.807) is 0 Å². The highest BCUT2D eigenvalue weighted by Gasteiger charge is 2.28. The molecule has 16 heavy (non-hydrogen) atoms. The minimum Gasteiger partial charge on any atom is -0.493 e. The highest BCUT2D eigenvalue weighted by atomic mass is 16.5. The summed E-state index contributed by atoms with van der Waals surface area (Å²) in [4.78, 5) is 0. The molecule has 0 spiro atoms. The molecule has 1 aromatic rings. The van der Waals surface area contributed by atoms with Crippen LogP contribution in [0.4, 0.5) is 0 Å². The molecule has 2 unspecified atom stereocenters. The Kier molecular flexibility index (Phi) is 3.45. The summed E-state index contributed by atoms with van der Waals surface area (Å²) >= 11 is 0. The summed E-state index contributed by atoms with van der Waals surface area (Å²) in [7, 11) is 0. The highest BCUT2D eigenvalue weighted by molar-refractivity contribution is 5.38. The monoisotopic (exact) mass is 214 g/mol. The van der Waals surface area contributed by atoms with Gasteiger partial charge in [0.1, 0.15) is 5.75 Å². The Morgan fingerprint density at radius 3 is 2.69 bits per heavy atom. The van der Waals surface area contributed by atoms with Gasteiger partial charge in [-0.3, -0.25) is 0 Å². The number of hydrogen-bond donors (Lipinski definition) is 0. The standard InChI is InChI=1S/C15H18O/c1-3-7-12-11-16-15-10-6-5-9-14(15)13(12)8-4-2/h3-6,9-10,12-13H,1-2,7-8,11H2. The second-order valence-corrected chi connectivity index (χ2v) is 4.26. The van der Waals surface area contributed by atoms with Crippen LogP contribution in [-0.2, 0) is 0 Å². The fourth-order valence-electron chi connectivity index (χ4n) is 2.43. The molecular weight excluding hydrogens is 196 g/mol. The largest absolute Gasteiger partial charge is 0.493 e. The van der Waals surface area contributed by atoms with Gasteiger partial charge in [-0.15, -0.1) is 13.2 Å². The van der Waals surface area contributed by atoms with Crippen molar-refractivity contribution in [2.24, 2.45) is 5.92 Å². The first-order valence-electron chi connectivity index (χ1n) is 5.80. The van der Waals surface area contributed by atoms with Crippen molar-refractivity contribution >= 4 is 0 Å². The van der Waals surface area contributed by atoms with Gasteiger partial charge in [0.05, 0.1) is 6.61 Å². The van der Waals surface area contributed by atoms with Crippen molar-refractivity contribution in [1.29, 1.82) is 0 Å². The number of hydrogen-bond acceptors (Lipinski definition) is 1. The van der Waals surface area contributed by atoms with E-state index in [1.165, 1.54) is 5.56 Å². The minimum absolute atomic E-state index is 0.528. The number of benzene rings is 1. The van der Waals surface area contributed by atoms with Crippen molar-refractivity contribution in [3.05, 3.63) is 55.1 Å². The summed E-state index contributed by atoms with van der Waals surface area (Å²) in [6, 6.07) is 8.32. The summed E-state index contributed by atoms with van der Waals surface area (Å²) in [5.74, 6) is 2.10. The molecule has 0 radical (unpaired) electrons. The molecule has 0 saturated carbocycles. The summed E-state index contributed by atoms with van der Waals surface area (Å²) in [5.41, 5.74) is 1.32. The van der Waals surface area contributed by atoms with Crippen LogP contribution in [-0.4, -0.2) is 6.61 Å².